The second-order valence-corrected chi connectivity index (χ2v) is 7.91. The maximum Gasteiger partial charge on any atom is 0.294 e. The van der Waals surface area contributed by atoms with Crippen LogP contribution in [-0.2, 0) is 20.2 Å². The first-order valence-corrected chi connectivity index (χ1v) is 9.99. The molecule has 0 aromatic heterocycles. The molecule has 2 rings (SSSR count). The van der Waals surface area contributed by atoms with Gasteiger partial charge in [-0.15, -0.1) is 20.5 Å². The van der Waals surface area contributed by atoms with Crippen molar-refractivity contribution in [3.05, 3.63) is 47.6 Å². The molecule has 13 nitrogen and oxygen atoms in total. The lowest BCUT2D eigenvalue weighted by Crippen LogP contribution is -1.99. The van der Waals surface area contributed by atoms with Crippen LogP contribution < -0.4 is 5.11 Å². The van der Waals surface area contributed by atoms with Crippen LogP contribution >= 0.6 is 0 Å². The Morgan fingerprint density at radius 1 is 0.897 bits per heavy atom. The zero-order valence-corrected chi connectivity index (χ0v) is 15.5. The molecule has 0 saturated heterocycles. The summed E-state index contributed by atoms with van der Waals surface area (Å²) in [4.78, 5) is -1.22. The molecular weight excluding hydrogens is 430 g/mol. The van der Waals surface area contributed by atoms with E-state index in [2.05, 4.69) is 20.5 Å². The average molecular weight is 439 g/mol. The summed E-state index contributed by atoms with van der Waals surface area (Å²) in [7, 11) is -9.19. The first-order chi connectivity index (χ1) is 13.4. The number of phenols is 1. The van der Waals surface area contributed by atoms with Crippen molar-refractivity contribution in [1.82, 2.24) is 0 Å². The van der Waals surface area contributed by atoms with Gasteiger partial charge in [0.25, 0.3) is 20.2 Å². The molecule has 0 radical (unpaired) electrons. The van der Waals surface area contributed by atoms with Crippen molar-refractivity contribution >= 4 is 37.5 Å². The lowest BCUT2D eigenvalue weighted by atomic mass is 10.3. The molecule has 0 aliphatic carbocycles. The topological polar surface area (TPSA) is 224 Å². The van der Waals surface area contributed by atoms with E-state index in [4.69, 9.17) is 14.5 Å². The minimum atomic E-state index is -4.61. The van der Waals surface area contributed by atoms with Crippen LogP contribution in [0.25, 0.3) is 5.41 Å². The lowest BCUT2D eigenvalue weighted by molar-refractivity contribution is -0.267. The predicted octanol–water partition coefficient (Wildman–Crippen LogP) is 1.91. The van der Waals surface area contributed by atoms with Crippen LogP contribution in [0.3, 0.4) is 0 Å². The molecule has 29 heavy (non-hydrogen) atoms. The molecule has 0 aliphatic heterocycles. The van der Waals surface area contributed by atoms with Gasteiger partial charge in [-0.05, 0) is 30.3 Å². The van der Waals surface area contributed by atoms with Gasteiger partial charge in [0.2, 0.25) is 5.82 Å². The van der Waals surface area contributed by atoms with Crippen LogP contribution in [0.5, 0.6) is 11.5 Å². The summed E-state index contributed by atoms with van der Waals surface area (Å²) in [5, 5.41) is 43.7. The number of rotatable bonds is 6. The summed E-state index contributed by atoms with van der Waals surface area (Å²) in [6.45, 7) is 0. The quantitative estimate of drug-likeness (QED) is 0.341. The summed E-state index contributed by atoms with van der Waals surface area (Å²) in [5.74, 6) is -0.603. The van der Waals surface area contributed by atoms with E-state index >= 15 is 0 Å². The smallest absolute Gasteiger partial charge is 0.294 e. The van der Waals surface area contributed by atoms with Gasteiger partial charge in [-0.2, -0.15) is 16.8 Å². The second-order valence-electron chi connectivity index (χ2n) is 5.07. The number of aromatic hydroxyl groups is 1. The number of hydrogen-bond donors (Lipinski definition) is 3. The van der Waals surface area contributed by atoms with Crippen molar-refractivity contribution < 1.29 is 36.2 Å². The maximum atomic E-state index is 11.7. The van der Waals surface area contributed by atoms with Gasteiger partial charge in [-0.3, -0.25) is 9.11 Å². The average Bonchev–Trinajstić information content (AvgIpc) is 2.62. The SMILES string of the molecule is [N-]=C=C(N=Nc1cc(S(=O)(=O)O)ccc1[O-])N=Nc1cc(S(=O)(=O)O)ccc1O. The summed E-state index contributed by atoms with van der Waals surface area (Å²) >= 11 is 0. The number of benzene rings is 2. The number of nitrogens with zero attached hydrogens (tertiary/aromatic N) is 5. The third-order valence-corrected chi connectivity index (χ3v) is 4.78. The highest BCUT2D eigenvalue weighted by Gasteiger charge is 2.13. The molecule has 15 heteroatoms. The van der Waals surface area contributed by atoms with Crippen LogP contribution in [0.1, 0.15) is 0 Å². The van der Waals surface area contributed by atoms with Crippen molar-refractivity contribution in [1.29, 1.82) is 0 Å². The van der Waals surface area contributed by atoms with Gasteiger partial charge in [-0.1, -0.05) is 11.8 Å². The van der Waals surface area contributed by atoms with Gasteiger partial charge in [0.15, 0.2) is 0 Å². The molecular formula is C14H9N5O8S2-2. The van der Waals surface area contributed by atoms with Gasteiger partial charge in [0.1, 0.15) is 11.4 Å². The summed E-state index contributed by atoms with van der Waals surface area (Å²) in [6.07, 6.45) is 0. The van der Waals surface area contributed by atoms with Gasteiger partial charge in [0, 0.05) is 0 Å². The van der Waals surface area contributed by atoms with E-state index in [0.29, 0.717) is 6.07 Å². The van der Waals surface area contributed by atoms with Crippen LogP contribution in [0.15, 0.2) is 72.5 Å². The highest BCUT2D eigenvalue weighted by Crippen LogP contribution is 2.30. The molecule has 0 unspecified atom stereocenters. The van der Waals surface area contributed by atoms with E-state index in [1.165, 1.54) is 5.87 Å². The fourth-order valence-electron chi connectivity index (χ4n) is 1.75. The minimum absolute atomic E-state index is 0.430. The third-order valence-electron chi connectivity index (χ3n) is 3.08. The highest BCUT2D eigenvalue weighted by atomic mass is 32.2. The Bertz CT molecular complexity index is 1190. The van der Waals surface area contributed by atoms with Crippen LogP contribution in [0.4, 0.5) is 11.4 Å². The summed E-state index contributed by atoms with van der Waals surface area (Å²) in [6, 6.07) is 4.95. The number of azo groups is 2. The van der Waals surface area contributed by atoms with Crippen molar-refractivity contribution in [2.75, 3.05) is 0 Å². The fourth-order valence-corrected chi connectivity index (χ4v) is 2.75. The Kier molecular flexibility index (Phi) is 6.21. The Balaban J connectivity index is 2.35. The minimum Gasteiger partial charge on any atom is -0.871 e. The Hall–Kier alpha value is -3.49. The largest absolute Gasteiger partial charge is 0.871 e. The number of phenolic OH excluding ortho intramolecular Hbond substituents is 1. The molecule has 3 N–H and O–H groups in total. The molecule has 152 valence electrons. The van der Waals surface area contributed by atoms with Gasteiger partial charge >= 0.3 is 0 Å². The lowest BCUT2D eigenvalue weighted by Gasteiger charge is -2.09. The van der Waals surface area contributed by atoms with E-state index in [0.717, 1.165) is 30.3 Å². The molecule has 0 aliphatic rings. The van der Waals surface area contributed by atoms with Gasteiger partial charge < -0.3 is 15.6 Å². The molecule has 0 fully saturated rings. The van der Waals surface area contributed by atoms with Gasteiger partial charge in [0.05, 0.1) is 15.5 Å². The Morgan fingerprint density at radius 2 is 1.38 bits per heavy atom. The Morgan fingerprint density at radius 3 is 1.90 bits per heavy atom. The van der Waals surface area contributed by atoms with Crippen LogP contribution in [0, 0.1) is 0 Å². The van der Waals surface area contributed by atoms with Gasteiger partial charge in [-0.25, -0.2) is 5.87 Å². The molecule has 0 amide bonds. The van der Waals surface area contributed by atoms with Crippen LogP contribution in [-0.4, -0.2) is 36.9 Å². The van der Waals surface area contributed by atoms with E-state index in [9.17, 15) is 27.0 Å². The maximum absolute atomic E-state index is 11.7. The fraction of sp³-hybridized carbons (Fsp3) is 0. The van der Waals surface area contributed by atoms with E-state index in [1.54, 1.807) is 0 Å². The third kappa shape index (κ3) is 5.74. The van der Waals surface area contributed by atoms with E-state index < -0.39 is 58.7 Å². The van der Waals surface area contributed by atoms with Crippen molar-refractivity contribution in [2.24, 2.45) is 20.5 Å². The molecule has 0 spiro atoms. The van der Waals surface area contributed by atoms with Crippen molar-refractivity contribution in [3.63, 3.8) is 0 Å². The van der Waals surface area contributed by atoms with Crippen molar-refractivity contribution in [3.8, 4) is 11.5 Å². The molecule has 0 heterocycles. The number of hydrogen-bond acceptors (Lipinski definition) is 10. The highest BCUT2D eigenvalue weighted by molar-refractivity contribution is 7.86. The molecule has 2 aromatic carbocycles. The summed E-state index contributed by atoms with van der Waals surface area (Å²) in [5.41, 5.74) is -0.958. The summed E-state index contributed by atoms with van der Waals surface area (Å²) < 4.78 is 62.3. The zero-order chi connectivity index (χ0) is 21.8. The standard InChI is InChI=1S/C14H10N5O8S2/c15-7-14(18-16-10-5-8(28(22,23)24)1-3-12(10)20)19-17-11-6-9(29(25,26)27)2-4-13(11)21/h1-6,20-21H,(H,22,23,24)(H,25,26,27)/q-1/p-1. The second kappa shape index (κ2) is 8.26. The van der Waals surface area contributed by atoms with Crippen molar-refractivity contribution in [2.45, 2.75) is 9.79 Å². The van der Waals surface area contributed by atoms with Crippen LogP contribution in [0.2, 0.25) is 0 Å². The molecule has 0 atom stereocenters. The predicted molar refractivity (Wildman–Crippen MR) is 94.5 cm³/mol. The molecule has 0 saturated carbocycles. The molecule has 0 bridgehead atoms. The normalized spacial score (nSPS) is 12.3. The Labute approximate surface area is 163 Å². The molecule has 2 aromatic rings. The first kappa shape index (κ1) is 21.8. The first-order valence-electron chi connectivity index (χ1n) is 7.11. The van der Waals surface area contributed by atoms with E-state index in [-0.39, 0.29) is 0 Å². The monoisotopic (exact) mass is 439 g/mol. The zero-order valence-electron chi connectivity index (χ0n) is 13.9. The van der Waals surface area contributed by atoms with E-state index in [1.807, 2.05) is 0 Å².